The molecule has 10 nitrogen and oxygen atoms in total. The fourth-order valence-electron chi connectivity index (χ4n) is 3.94. The zero-order valence-electron chi connectivity index (χ0n) is 21.6. The quantitative estimate of drug-likeness (QED) is 0.351. The molecule has 3 N–H and O–H groups in total. The van der Waals surface area contributed by atoms with E-state index in [2.05, 4.69) is 20.9 Å². The molecule has 0 bridgehead atoms. The Morgan fingerprint density at radius 1 is 1.02 bits per heavy atom. The molecule has 212 valence electrons. The molecule has 1 aliphatic rings. The molecule has 3 aromatic rings. The van der Waals surface area contributed by atoms with E-state index in [4.69, 9.17) is 14.2 Å². The van der Waals surface area contributed by atoms with Crippen LogP contribution in [0.1, 0.15) is 16.1 Å². The van der Waals surface area contributed by atoms with Crippen LogP contribution in [0.3, 0.4) is 0 Å². The predicted octanol–water partition coefficient (Wildman–Crippen LogP) is 4.61. The van der Waals surface area contributed by atoms with Gasteiger partial charge < -0.3 is 30.2 Å². The zero-order valence-corrected chi connectivity index (χ0v) is 21.6. The first-order chi connectivity index (χ1) is 19.2. The van der Waals surface area contributed by atoms with Crippen LogP contribution in [0, 0.1) is 0 Å². The SMILES string of the molecule is CNC(=O)c1cc(Oc2cccc(NC(=O)Nc3cccc(OCCN4CCOCC4)c3C(F)(F)F)c2)ccn1. The third kappa shape index (κ3) is 7.83. The highest BCUT2D eigenvalue weighted by Crippen LogP contribution is 2.41. The van der Waals surface area contributed by atoms with Gasteiger partial charge in [-0.2, -0.15) is 13.2 Å². The first-order valence-electron chi connectivity index (χ1n) is 12.4. The van der Waals surface area contributed by atoms with Crippen molar-refractivity contribution in [1.82, 2.24) is 15.2 Å². The average Bonchev–Trinajstić information content (AvgIpc) is 2.93. The Morgan fingerprint density at radius 3 is 2.52 bits per heavy atom. The van der Waals surface area contributed by atoms with E-state index in [9.17, 15) is 22.8 Å². The van der Waals surface area contributed by atoms with E-state index in [1.54, 1.807) is 24.3 Å². The zero-order chi connectivity index (χ0) is 28.5. The molecule has 0 atom stereocenters. The van der Waals surface area contributed by atoms with Crippen LogP contribution in [0.25, 0.3) is 0 Å². The number of ether oxygens (including phenoxy) is 3. The average molecular weight is 560 g/mol. The molecular formula is C27H28F3N5O5. The normalized spacial score (nSPS) is 13.8. The monoisotopic (exact) mass is 559 g/mol. The highest BCUT2D eigenvalue weighted by Gasteiger charge is 2.38. The lowest BCUT2D eigenvalue weighted by molar-refractivity contribution is -0.138. The number of alkyl halides is 3. The molecule has 2 aromatic carbocycles. The van der Waals surface area contributed by atoms with Crippen LogP contribution in [0.5, 0.6) is 17.2 Å². The highest BCUT2D eigenvalue weighted by atomic mass is 19.4. The minimum atomic E-state index is -4.77. The standard InChI is InChI=1S/C27H28F3N5O5/c1-31-25(36)22-17-20(8-9-32-22)40-19-5-2-4-18(16-19)33-26(37)34-21-6-3-7-23(24(21)27(28,29)30)39-15-12-35-10-13-38-14-11-35/h2-9,16-17H,10-15H2,1H3,(H,31,36)(H2,33,34,37). The lowest BCUT2D eigenvalue weighted by Gasteiger charge is -2.26. The number of nitrogens with zero attached hydrogens (tertiary/aromatic N) is 2. The number of hydrogen-bond acceptors (Lipinski definition) is 7. The molecule has 1 saturated heterocycles. The summed E-state index contributed by atoms with van der Waals surface area (Å²) < 4.78 is 58.5. The van der Waals surface area contributed by atoms with Crippen molar-refractivity contribution in [3.63, 3.8) is 0 Å². The van der Waals surface area contributed by atoms with Crippen molar-refractivity contribution in [3.8, 4) is 17.2 Å². The van der Waals surface area contributed by atoms with Gasteiger partial charge in [-0.15, -0.1) is 0 Å². The van der Waals surface area contributed by atoms with E-state index in [1.165, 1.54) is 37.5 Å². The summed E-state index contributed by atoms with van der Waals surface area (Å²) in [4.78, 5) is 30.5. The second-order valence-electron chi connectivity index (χ2n) is 8.64. The van der Waals surface area contributed by atoms with Crippen LogP contribution in [0.2, 0.25) is 0 Å². The first-order valence-corrected chi connectivity index (χ1v) is 12.4. The van der Waals surface area contributed by atoms with Crippen LogP contribution < -0.4 is 25.4 Å². The topological polar surface area (TPSA) is 114 Å². The summed E-state index contributed by atoms with van der Waals surface area (Å²) >= 11 is 0. The van der Waals surface area contributed by atoms with Crippen LogP contribution in [-0.2, 0) is 10.9 Å². The van der Waals surface area contributed by atoms with E-state index >= 15 is 0 Å². The summed E-state index contributed by atoms with van der Waals surface area (Å²) in [5.41, 5.74) is -1.10. The Bertz CT molecular complexity index is 1330. The largest absolute Gasteiger partial charge is 0.492 e. The molecule has 13 heteroatoms. The van der Waals surface area contributed by atoms with Crippen LogP contribution >= 0.6 is 0 Å². The van der Waals surface area contributed by atoms with Gasteiger partial charge in [0.2, 0.25) is 0 Å². The molecule has 0 radical (unpaired) electrons. The molecule has 0 unspecified atom stereocenters. The third-order valence-corrected chi connectivity index (χ3v) is 5.85. The summed E-state index contributed by atoms with van der Waals surface area (Å²) in [6, 6.07) is 12.1. The number of anilines is 2. The maximum Gasteiger partial charge on any atom is 0.421 e. The van der Waals surface area contributed by atoms with Gasteiger partial charge >= 0.3 is 12.2 Å². The fraction of sp³-hybridized carbons (Fsp3) is 0.296. The lowest BCUT2D eigenvalue weighted by Crippen LogP contribution is -2.38. The molecule has 3 amide bonds. The molecule has 0 aliphatic carbocycles. The van der Waals surface area contributed by atoms with E-state index in [-0.39, 0.29) is 29.6 Å². The Hall–Kier alpha value is -4.36. The smallest absolute Gasteiger partial charge is 0.421 e. The van der Waals surface area contributed by atoms with Crippen molar-refractivity contribution >= 4 is 23.3 Å². The van der Waals surface area contributed by atoms with Crippen molar-refractivity contribution in [2.24, 2.45) is 0 Å². The van der Waals surface area contributed by atoms with Gasteiger partial charge in [0.25, 0.3) is 5.91 Å². The third-order valence-electron chi connectivity index (χ3n) is 5.85. The summed E-state index contributed by atoms with van der Waals surface area (Å²) in [6.45, 7) is 3.00. The van der Waals surface area contributed by atoms with Gasteiger partial charge in [-0.1, -0.05) is 12.1 Å². The minimum Gasteiger partial charge on any atom is -0.492 e. The number of hydrogen-bond donors (Lipinski definition) is 3. The van der Waals surface area contributed by atoms with Crippen molar-refractivity contribution in [2.75, 3.05) is 57.1 Å². The van der Waals surface area contributed by atoms with Crippen LogP contribution in [0.4, 0.5) is 29.3 Å². The second kappa shape index (κ2) is 13.1. The number of benzene rings is 2. The van der Waals surface area contributed by atoms with Crippen molar-refractivity contribution < 1.29 is 37.0 Å². The number of amides is 3. The van der Waals surface area contributed by atoms with Crippen molar-refractivity contribution in [3.05, 3.63) is 72.1 Å². The number of halogens is 3. The molecular weight excluding hydrogens is 531 g/mol. The first kappa shape index (κ1) is 28.6. The van der Waals surface area contributed by atoms with Crippen LogP contribution in [-0.4, -0.2) is 68.3 Å². The molecule has 0 saturated carbocycles. The molecule has 0 spiro atoms. The molecule has 1 fully saturated rings. The molecule has 4 rings (SSSR count). The summed E-state index contributed by atoms with van der Waals surface area (Å²) in [7, 11) is 1.48. The number of rotatable bonds is 9. The number of nitrogens with one attached hydrogen (secondary N) is 3. The van der Waals surface area contributed by atoms with Gasteiger partial charge in [-0.3, -0.25) is 14.7 Å². The van der Waals surface area contributed by atoms with Gasteiger partial charge in [0.1, 0.15) is 35.1 Å². The lowest BCUT2D eigenvalue weighted by atomic mass is 10.1. The maximum atomic E-state index is 14.0. The van der Waals surface area contributed by atoms with E-state index in [0.29, 0.717) is 44.3 Å². The molecule has 40 heavy (non-hydrogen) atoms. The van der Waals surface area contributed by atoms with Gasteiger partial charge in [0.05, 0.1) is 18.9 Å². The van der Waals surface area contributed by atoms with Crippen molar-refractivity contribution in [2.45, 2.75) is 6.18 Å². The Kier molecular flexibility index (Phi) is 9.40. The summed E-state index contributed by atoms with van der Waals surface area (Å²) in [5, 5.41) is 7.24. The Labute approximate surface area is 228 Å². The number of aromatic nitrogens is 1. The summed E-state index contributed by atoms with van der Waals surface area (Å²) in [5.74, 6) is -0.112. The Balaban J connectivity index is 1.42. The minimum absolute atomic E-state index is 0.0492. The van der Waals surface area contributed by atoms with Crippen molar-refractivity contribution in [1.29, 1.82) is 0 Å². The second-order valence-corrected chi connectivity index (χ2v) is 8.64. The number of carbonyl (C=O) groups excluding carboxylic acids is 2. The fourth-order valence-corrected chi connectivity index (χ4v) is 3.94. The Morgan fingerprint density at radius 2 is 1.77 bits per heavy atom. The number of pyridine rings is 1. The van der Waals surface area contributed by atoms with Gasteiger partial charge in [-0.05, 0) is 30.3 Å². The van der Waals surface area contributed by atoms with Gasteiger partial charge in [0.15, 0.2) is 0 Å². The highest BCUT2D eigenvalue weighted by molar-refractivity contribution is 6.00. The van der Waals surface area contributed by atoms with Gasteiger partial charge in [-0.25, -0.2) is 4.79 Å². The number of urea groups is 1. The van der Waals surface area contributed by atoms with E-state index < -0.39 is 23.5 Å². The number of carbonyl (C=O) groups is 2. The predicted molar refractivity (Wildman–Crippen MR) is 141 cm³/mol. The number of morpholine rings is 1. The maximum absolute atomic E-state index is 14.0. The molecule has 1 aromatic heterocycles. The molecule has 2 heterocycles. The van der Waals surface area contributed by atoms with Crippen LogP contribution in [0.15, 0.2) is 60.8 Å². The summed E-state index contributed by atoms with van der Waals surface area (Å²) in [6.07, 6.45) is -3.36. The molecule has 1 aliphatic heterocycles. The van der Waals surface area contributed by atoms with Gasteiger partial charge in [0, 0.05) is 50.7 Å². The van der Waals surface area contributed by atoms with E-state index in [0.717, 1.165) is 6.07 Å². The van der Waals surface area contributed by atoms with E-state index in [1.807, 2.05) is 4.90 Å².